The standard InChI is InChI=1S/C19H19N3O3/c1-3-25-14-10-8-13(9-11-14)12-20-19(24)17-18(23)15-6-4-5-7-16(15)22(2)21-17/h4-11H,3,12H2,1-2H3,(H,20,24). The Balaban J connectivity index is 1.78. The SMILES string of the molecule is CCOc1ccc(CNC(=O)c2nn(C)c3ccccc3c2=O)cc1. The molecule has 1 aromatic heterocycles. The maximum atomic E-state index is 12.5. The molecule has 0 atom stereocenters. The molecular weight excluding hydrogens is 318 g/mol. The fourth-order valence-corrected chi connectivity index (χ4v) is 2.61. The van der Waals surface area contributed by atoms with Crippen LogP contribution in [-0.4, -0.2) is 22.3 Å². The third-order valence-corrected chi connectivity index (χ3v) is 3.86. The lowest BCUT2D eigenvalue weighted by Gasteiger charge is -2.09. The summed E-state index contributed by atoms with van der Waals surface area (Å²) in [5.41, 5.74) is 1.13. The third-order valence-electron chi connectivity index (χ3n) is 3.86. The van der Waals surface area contributed by atoms with E-state index in [1.807, 2.05) is 37.3 Å². The first-order valence-electron chi connectivity index (χ1n) is 8.06. The Morgan fingerprint density at radius 3 is 2.60 bits per heavy atom. The van der Waals surface area contributed by atoms with Crippen LogP contribution in [0.4, 0.5) is 0 Å². The molecule has 1 N–H and O–H groups in total. The van der Waals surface area contributed by atoms with Crippen LogP contribution < -0.4 is 15.5 Å². The van der Waals surface area contributed by atoms with Crippen LogP contribution in [0.1, 0.15) is 23.0 Å². The van der Waals surface area contributed by atoms with E-state index in [1.54, 1.807) is 29.9 Å². The molecule has 6 heteroatoms. The summed E-state index contributed by atoms with van der Waals surface area (Å²) in [6.45, 7) is 2.83. The molecule has 1 amide bonds. The molecule has 2 aromatic carbocycles. The molecule has 0 spiro atoms. The number of aryl methyl sites for hydroxylation is 1. The smallest absolute Gasteiger partial charge is 0.276 e. The molecule has 3 aromatic rings. The van der Waals surface area contributed by atoms with E-state index in [2.05, 4.69) is 10.4 Å². The van der Waals surface area contributed by atoms with Crippen molar-refractivity contribution in [2.45, 2.75) is 13.5 Å². The summed E-state index contributed by atoms with van der Waals surface area (Å²) >= 11 is 0. The molecule has 6 nitrogen and oxygen atoms in total. The number of carbonyl (C=O) groups is 1. The minimum absolute atomic E-state index is 0.105. The topological polar surface area (TPSA) is 73.2 Å². The molecule has 128 valence electrons. The maximum Gasteiger partial charge on any atom is 0.276 e. The van der Waals surface area contributed by atoms with Gasteiger partial charge < -0.3 is 10.1 Å². The van der Waals surface area contributed by atoms with Crippen LogP contribution in [0.5, 0.6) is 5.75 Å². The van der Waals surface area contributed by atoms with Gasteiger partial charge in [0.15, 0.2) is 5.69 Å². The Bertz CT molecular complexity index is 962. The van der Waals surface area contributed by atoms with Gasteiger partial charge in [0.1, 0.15) is 5.75 Å². The number of carbonyl (C=O) groups excluding carboxylic acids is 1. The number of hydrogen-bond donors (Lipinski definition) is 1. The second-order valence-electron chi connectivity index (χ2n) is 5.58. The lowest BCUT2D eigenvalue weighted by molar-refractivity contribution is 0.0943. The quantitative estimate of drug-likeness (QED) is 0.775. The van der Waals surface area contributed by atoms with Gasteiger partial charge in [0.2, 0.25) is 5.43 Å². The highest BCUT2D eigenvalue weighted by molar-refractivity contribution is 5.95. The molecule has 0 fully saturated rings. The van der Waals surface area contributed by atoms with E-state index < -0.39 is 5.91 Å². The molecule has 0 aliphatic carbocycles. The normalized spacial score (nSPS) is 10.6. The van der Waals surface area contributed by atoms with Crippen molar-refractivity contribution in [2.75, 3.05) is 6.61 Å². The molecule has 0 aliphatic rings. The van der Waals surface area contributed by atoms with Crippen LogP contribution in [0.25, 0.3) is 10.9 Å². The van der Waals surface area contributed by atoms with E-state index in [0.717, 1.165) is 11.3 Å². The summed E-state index contributed by atoms with van der Waals surface area (Å²) in [5.74, 6) is 0.294. The number of hydrogen-bond acceptors (Lipinski definition) is 4. The van der Waals surface area contributed by atoms with Crippen molar-refractivity contribution in [3.63, 3.8) is 0 Å². The minimum atomic E-state index is -0.486. The largest absolute Gasteiger partial charge is 0.494 e. The maximum absolute atomic E-state index is 12.5. The number of nitrogens with zero attached hydrogens (tertiary/aromatic N) is 2. The number of nitrogens with one attached hydrogen (secondary N) is 1. The fourth-order valence-electron chi connectivity index (χ4n) is 2.61. The van der Waals surface area contributed by atoms with Gasteiger partial charge in [-0.2, -0.15) is 5.10 Å². The zero-order valence-electron chi connectivity index (χ0n) is 14.2. The van der Waals surface area contributed by atoms with Gasteiger partial charge in [-0.25, -0.2) is 0 Å². The summed E-state index contributed by atoms with van der Waals surface area (Å²) in [5, 5.41) is 7.35. The first-order valence-corrected chi connectivity index (χ1v) is 8.06. The highest BCUT2D eigenvalue weighted by atomic mass is 16.5. The lowest BCUT2D eigenvalue weighted by atomic mass is 10.2. The molecule has 0 saturated carbocycles. The highest BCUT2D eigenvalue weighted by Crippen LogP contribution is 2.12. The van der Waals surface area contributed by atoms with Crippen LogP contribution in [0, 0.1) is 0 Å². The Kier molecular flexibility index (Phi) is 4.79. The van der Waals surface area contributed by atoms with Crippen molar-refractivity contribution < 1.29 is 9.53 Å². The molecule has 25 heavy (non-hydrogen) atoms. The van der Waals surface area contributed by atoms with Crippen molar-refractivity contribution >= 4 is 16.8 Å². The average Bonchev–Trinajstić information content (AvgIpc) is 2.64. The number of para-hydroxylation sites is 1. The summed E-state index contributed by atoms with van der Waals surface area (Å²) in [6.07, 6.45) is 0. The molecule has 0 saturated heterocycles. The third kappa shape index (κ3) is 3.52. The van der Waals surface area contributed by atoms with Gasteiger partial charge in [-0.1, -0.05) is 24.3 Å². The zero-order chi connectivity index (χ0) is 17.8. The van der Waals surface area contributed by atoms with Gasteiger partial charge in [-0.15, -0.1) is 0 Å². The number of benzene rings is 2. The molecule has 0 unspecified atom stereocenters. The van der Waals surface area contributed by atoms with E-state index in [1.165, 1.54) is 0 Å². The predicted molar refractivity (Wildman–Crippen MR) is 95.8 cm³/mol. The van der Waals surface area contributed by atoms with Crippen LogP contribution >= 0.6 is 0 Å². The van der Waals surface area contributed by atoms with E-state index >= 15 is 0 Å². The van der Waals surface area contributed by atoms with Crippen molar-refractivity contribution in [3.8, 4) is 5.75 Å². The van der Waals surface area contributed by atoms with E-state index in [4.69, 9.17) is 4.74 Å². The van der Waals surface area contributed by atoms with Gasteiger partial charge in [0, 0.05) is 19.0 Å². The van der Waals surface area contributed by atoms with E-state index in [9.17, 15) is 9.59 Å². The highest BCUT2D eigenvalue weighted by Gasteiger charge is 2.16. The van der Waals surface area contributed by atoms with Crippen molar-refractivity contribution in [3.05, 3.63) is 70.0 Å². The molecule has 0 bridgehead atoms. The minimum Gasteiger partial charge on any atom is -0.494 e. The molecule has 1 heterocycles. The second kappa shape index (κ2) is 7.17. The van der Waals surface area contributed by atoms with Crippen molar-refractivity contribution in [1.82, 2.24) is 15.1 Å². The van der Waals surface area contributed by atoms with Crippen LogP contribution in [0.2, 0.25) is 0 Å². The lowest BCUT2D eigenvalue weighted by Crippen LogP contribution is -2.31. The Hall–Kier alpha value is -3.15. The van der Waals surface area contributed by atoms with Gasteiger partial charge >= 0.3 is 0 Å². The summed E-state index contributed by atoms with van der Waals surface area (Å²) in [6, 6.07) is 14.5. The molecule has 0 radical (unpaired) electrons. The number of rotatable bonds is 5. The number of aromatic nitrogens is 2. The monoisotopic (exact) mass is 337 g/mol. The average molecular weight is 337 g/mol. The summed E-state index contributed by atoms with van der Waals surface area (Å²) < 4.78 is 6.93. The fraction of sp³-hybridized carbons (Fsp3) is 0.211. The Morgan fingerprint density at radius 2 is 1.88 bits per heavy atom. The van der Waals surface area contributed by atoms with Crippen molar-refractivity contribution in [2.24, 2.45) is 7.05 Å². The predicted octanol–water partition coefficient (Wildman–Crippen LogP) is 2.26. The van der Waals surface area contributed by atoms with E-state index in [0.29, 0.717) is 24.1 Å². The Labute approximate surface area is 145 Å². The molecule has 0 aliphatic heterocycles. The van der Waals surface area contributed by atoms with Gasteiger partial charge in [0.25, 0.3) is 5.91 Å². The molecule has 3 rings (SSSR count). The van der Waals surface area contributed by atoms with Gasteiger partial charge in [-0.3, -0.25) is 14.3 Å². The zero-order valence-corrected chi connectivity index (χ0v) is 14.2. The van der Waals surface area contributed by atoms with Crippen molar-refractivity contribution in [1.29, 1.82) is 0 Å². The van der Waals surface area contributed by atoms with E-state index in [-0.39, 0.29) is 11.1 Å². The van der Waals surface area contributed by atoms with Crippen LogP contribution in [0.15, 0.2) is 53.3 Å². The summed E-state index contributed by atoms with van der Waals surface area (Å²) in [4.78, 5) is 24.9. The number of fused-ring (bicyclic) bond motifs is 1. The second-order valence-corrected chi connectivity index (χ2v) is 5.58. The first-order chi connectivity index (χ1) is 12.1. The van der Waals surface area contributed by atoms with Gasteiger partial charge in [0.05, 0.1) is 12.1 Å². The number of amides is 1. The summed E-state index contributed by atoms with van der Waals surface area (Å²) in [7, 11) is 1.71. The van der Waals surface area contributed by atoms with Crippen LogP contribution in [-0.2, 0) is 13.6 Å². The van der Waals surface area contributed by atoms with Gasteiger partial charge in [-0.05, 0) is 36.8 Å². The molecular formula is C19H19N3O3. The first kappa shape index (κ1) is 16.7. The Morgan fingerprint density at radius 1 is 1.16 bits per heavy atom. The number of ether oxygens (including phenoxy) is 1. The van der Waals surface area contributed by atoms with Crippen LogP contribution in [0.3, 0.4) is 0 Å².